The Balaban J connectivity index is 2.09. The second-order valence-electron chi connectivity index (χ2n) is 5.23. The van der Waals surface area contributed by atoms with Crippen molar-refractivity contribution in [3.63, 3.8) is 0 Å². The molecule has 0 spiro atoms. The second kappa shape index (κ2) is 6.71. The summed E-state index contributed by atoms with van der Waals surface area (Å²) in [4.78, 5) is 14.2. The minimum absolute atomic E-state index is 0.217. The van der Waals surface area contributed by atoms with Crippen molar-refractivity contribution in [1.29, 1.82) is 0 Å². The van der Waals surface area contributed by atoms with E-state index in [0.717, 1.165) is 43.9 Å². The number of ketones is 1. The van der Waals surface area contributed by atoms with Crippen molar-refractivity contribution in [3.8, 4) is 0 Å². The van der Waals surface area contributed by atoms with Crippen LogP contribution in [0.4, 0.5) is 5.69 Å². The van der Waals surface area contributed by atoms with Crippen LogP contribution in [-0.4, -0.2) is 32.6 Å². The van der Waals surface area contributed by atoms with Crippen molar-refractivity contribution in [1.82, 2.24) is 0 Å². The smallest absolute Gasteiger partial charge is 0.164 e. The summed E-state index contributed by atoms with van der Waals surface area (Å²) >= 11 is 0. The molecule has 104 valence electrons. The summed E-state index contributed by atoms with van der Waals surface area (Å²) in [5.74, 6) is 0.887. The molecule has 0 unspecified atom stereocenters. The van der Waals surface area contributed by atoms with E-state index in [2.05, 4.69) is 11.9 Å². The molecule has 3 nitrogen and oxygen atoms in total. The molecule has 3 heteroatoms. The Morgan fingerprint density at radius 1 is 1.32 bits per heavy atom. The predicted octanol–water partition coefficient (Wildman–Crippen LogP) is 3.14. The van der Waals surface area contributed by atoms with Crippen molar-refractivity contribution in [2.45, 2.75) is 26.2 Å². The van der Waals surface area contributed by atoms with E-state index in [1.54, 1.807) is 0 Å². The fourth-order valence-corrected chi connectivity index (χ4v) is 2.65. The number of carbonyl (C=O) groups excluding carboxylic acids is 1. The fraction of sp³-hybridized carbons (Fsp3) is 0.562. The first-order chi connectivity index (χ1) is 9.22. The summed E-state index contributed by atoms with van der Waals surface area (Å²) in [5.41, 5.74) is 1.90. The SMILES string of the molecule is CCC(=O)c1ccccc1N(C)CC1CCOCC1. The monoisotopic (exact) mass is 261 g/mol. The minimum atomic E-state index is 0.217. The van der Waals surface area contributed by atoms with Crippen molar-refractivity contribution < 1.29 is 9.53 Å². The highest BCUT2D eigenvalue weighted by Crippen LogP contribution is 2.24. The van der Waals surface area contributed by atoms with Gasteiger partial charge in [-0.2, -0.15) is 0 Å². The van der Waals surface area contributed by atoms with Crippen molar-refractivity contribution in [2.75, 3.05) is 31.7 Å². The van der Waals surface area contributed by atoms with E-state index < -0.39 is 0 Å². The molecule has 19 heavy (non-hydrogen) atoms. The number of hydrogen-bond donors (Lipinski definition) is 0. The highest BCUT2D eigenvalue weighted by atomic mass is 16.5. The van der Waals surface area contributed by atoms with E-state index in [4.69, 9.17) is 4.74 Å². The molecule has 0 N–H and O–H groups in total. The van der Waals surface area contributed by atoms with Gasteiger partial charge in [-0.05, 0) is 30.9 Å². The van der Waals surface area contributed by atoms with Gasteiger partial charge in [-0.1, -0.05) is 19.1 Å². The summed E-state index contributed by atoms with van der Waals surface area (Å²) in [6.07, 6.45) is 2.80. The average Bonchev–Trinajstić information content (AvgIpc) is 2.47. The predicted molar refractivity (Wildman–Crippen MR) is 77.9 cm³/mol. The van der Waals surface area contributed by atoms with E-state index in [0.29, 0.717) is 12.3 Å². The lowest BCUT2D eigenvalue weighted by atomic mass is 9.98. The zero-order chi connectivity index (χ0) is 13.7. The van der Waals surface area contributed by atoms with Gasteiger partial charge < -0.3 is 9.64 Å². The van der Waals surface area contributed by atoms with Gasteiger partial charge in [0.2, 0.25) is 0 Å². The number of Topliss-reactive ketones (excluding diaryl/α,β-unsaturated/α-hetero) is 1. The van der Waals surface area contributed by atoms with Crippen LogP contribution >= 0.6 is 0 Å². The Labute approximate surface area is 115 Å². The maximum Gasteiger partial charge on any atom is 0.164 e. The van der Waals surface area contributed by atoms with Crippen LogP contribution in [0.5, 0.6) is 0 Å². The molecule has 0 aromatic heterocycles. The van der Waals surface area contributed by atoms with Crippen LogP contribution in [-0.2, 0) is 4.74 Å². The molecule has 0 aliphatic carbocycles. The molecule has 0 saturated carbocycles. The Morgan fingerprint density at radius 2 is 2.00 bits per heavy atom. The van der Waals surface area contributed by atoms with Gasteiger partial charge in [0.25, 0.3) is 0 Å². The molecule has 0 amide bonds. The third kappa shape index (κ3) is 3.57. The van der Waals surface area contributed by atoms with E-state index in [1.807, 2.05) is 31.2 Å². The van der Waals surface area contributed by atoms with E-state index in [-0.39, 0.29) is 5.78 Å². The van der Waals surface area contributed by atoms with E-state index >= 15 is 0 Å². The van der Waals surface area contributed by atoms with E-state index in [9.17, 15) is 4.79 Å². The summed E-state index contributed by atoms with van der Waals surface area (Å²) in [7, 11) is 2.08. The van der Waals surface area contributed by atoms with E-state index in [1.165, 1.54) is 0 Å². The molecule has 2 rings (SSSR count). The van der Waals surface area contributed by atoms with Gasteiger partial charge in [-0.15, -0.1) is 0 Å². The lowest BCUT2D eigenvalue weighted by molar-refractivity contribution is 0.0685. The molecule has 1 aliphatic rings. The summed E-state index contributed by atoms with van der Waals surface area (Å²) in [6, 6.07) is 7.92. The average molecular weight is 261 g/mol. The zero-order valence-corrected chi connectivity index (χ0v) is 11.9. The molecule has 1 aromatic rings. The molecule has 0 bridgehead atoms. The van der Waals surface area contributed by atoms with Gasteiger partial charge in [-0.25, -0.2) is 0 Å². The lowest BCUT2D eigenvalue weighted by Gasteiger charge is -2.29. The molecular weight excluding hydrogens is 238 g/mol. The number of hydrogen-bond acceptors (Lipinski definition) is 3. The molecule has 1 aromatic carbocycles. The van der Waals surface area contributed by atoms with Gasteiger partial charge in [0.1, 0.15) is 0 Å². The quantitative estimate of drug-likeness (QED) is 0.763. The second-order valence-corrected chi connectivity index (χ2v) is 5.23. The van der Waals surface area contributed by atoms with Crippen molar-refractivity contribution >= 4 is 11.5 Å². The highest BCUT2D eigenvalue weighted by Gasteiger charge is 2.18. The Bertz CT molecular complexity index is 425. The Morgan fingerprint density at radius 3 is 2.68 bits per heavy atom. The van der Waals surface area contributed by atoms with Crippen molar-refractivity contribution in [2.24, 2.45) is 5.92 Å². The van der Waals surface area contributed by atoms with Crippen LogP contribution in [0, 0.1) is 5.92 Å². The number of benzene rings is 1. The third-order valence-corrected chi connectivity index (χ3v) is 3.81. The van der Waals surface area contributed by atoms with Gasteiger partial charge >= 0.3 is 0 Å². The molecule has 1 aliphatic heterocycles. The summed E-state index contributed by atoms with van der Waals surface area (Å²) < 4.78 is 5.39. The Kier molecular flexibility index (Phi) is 4.97. The van der Waals surface area contributed by atoms with Crippen LogP contribution < -0.4 is 4.90 Å². The largest absolute Gasteiger partial charge is 0.381 e. The molecule has 1 saturated heterocycles. The number of para-hydroxylation sites is 1. The van der Waals surface area contributed by atoms with Crippen LogP contribution in [0.2, 0.25) is 0 Å². The molecule has 1 fully saturated rings. The normalized spacial score (nSPS) is 16.3. The van der Waals surface area contributed by atoms with Gasteiger partial charge in [0, 0.05) is 44.5 Å². The molecule has 0 atom stereocenters. The van der Waals surface area contributed by atoms with Crippen molar-refractivity contribution in [3.05, 3.63) is 29.8 Å². The lowest BCUT2D eigenvalue weighted by Crippen LogP contribution is -2.30. The number of anilines is 1. The fourth-order valence-electron chi connectivity index (χ4n) is 2.65. The first kappa shape index (κ1) is 14.1. The number of carbonyl (C=O) groups is 1. The van der Waals surface area contributed by atoms with Crippen LogP contribution in [0.25, 0.3) is 0 Å². The topological polar surface area (TPSA) is 29.5 Å². The van der Waals surface area contributed by atoms with Gasteiger partial charge in [0.15, 0.2) is 5.78 Å². The standard InChI is InChI=1S/C16H23NO2/c1-3-16(18)14-6-4-5-7-15(14)17(2)12-13-8-10-19-11-9-13/h4-7,13H,3,8-12H2,1-2H3. The number of rotatable bonds is 5. The Hall–Kier alpha value is -1.35. The van der Waals surface area contributed by atoms with Crippen LogP contribution in [0.1, 0.15) is 36.5 Å². The van der Waals surface area contributed by atoms with Gasteiger partial charge in [0.05, 0.1) is 0 Å². The minimum Gasteiger partial charge on any atom is -0.381 e. The summed E-state index contributed by atoms with van der Waals surface area (Å²) in [5, 5.41) is 0. The molecular formula is C16H23NO2. The third-order valence-electron chi connectivity index (χ3n) is 3.81. The first-order valence-corrected chi connectivity index (χ1v) is 7.13. The summed E-state index contributed by atoms with van der Waals surface area (Å²) in [6.45, 7) is 4.65. The maximum absolute atomic E-state index is 12.0. The van der Waals surface area contributed by atoms with Crippen LogP contribution in [0.15, 0.2) is 24.3 Å². The maximum atomic E-state index is 12.0. The number of ether oxygens (including phenoxy) is 1. The molecule has 0 radical (unpaired) electrons. The first-order valence-electron chi connectivity index (χ1n) is 7.13. The number of nitrogens with zero attached hydrogens (tertiary/aromatic N) is 1. The highest BCUT2D eigenvalue weighted by molar-refractivity contribution is 6.01. The zero-order valence-electron chi connectivity index (χ0n) is 11.9. The molecule has 1 heterocycles. The van der Waals surface area contributed by atoms with Crippen LogP contribution in [0.3, 0.4) is 0 Å². The van der Waals surface area contributed by atoms with Gasteiger partial charge in [-0.3, -0.25) is 4.79 Å².